The van der Waals surface area contributed by atoms with Gasteiger partial charge in [-0.15, -0.1) is 11.3 Å². The molecule has 0 saturated carbocycles. The molecule has 0 aliphatic heterocycles. The van der Waals surface area contributed by atoms with E-state index in [1.54, 1.807) is 17.7 Å². The van der Waals surface area contributed by atoms with Crippen LogP contribution in [0.4, 0.5) is 0 Å². The number of imidazole rings is 1. The van der Waals surface area contributed by atoms with E-state index in [4.69, 9.17) is 0 Å². The summed E-state index contributed by atoms with van der Waals surface area (Å²) in [4.78, 5) is 17.9. The quantitative estimate of drug-likeness (QED) is 0.685. The number of rotatable bonds is 2. The molecule has 1 aromatic carbocycles. The van der Waals surface area contributed by atoms with Crippen LogP contribution in [0.25, 0.3) is 21.3 Å². The predicted molar refractivity (Wildman–Crippen MR) is 64.8 cm³/mol. The Labute approximate surface area is 95.8 Å². The second kappa shape index (κ2) is 3.57. The molecule has 0 amide bonds. The fourth-order valence-corrected chi connectivity index (χ4v) is 2.72. The summed E-state index contributed by atoms with van der Waals surface area (Å²) in [5.74, 6) is 0. The Morgan fingerprint density at radius 1 is 1.31 bits per heavy atom. The Bertz CT molecular complexity index is 654. The van der Waals surface area contributed by atoms with Gasteiger partial charge < -0.3 is 4.98 Å². The lowest BCUT2D eigenvalue weighted by atomic mass is 10.1. The van der Waals surface area contributed by atoms with E-state index in [0.29, 0.717) is 5.69 Å². The summed E-state index contributed by atoms with van der Waals surface area (Å²) in [5.41, 5.74) is 2.28. The van der Waals surface area contributed by atoms with Gasteiger partial charge >= 0.3 is 0 Å². The van der Waals surface area contributed by atoms with E-state index >= 15 is 0 Å². The minimum absolute atomic E-state index is 0.531. The van der Waals surface area contributed by atoms with Crippen molar-refractivity contribution in [1.29, 1.82) is 0 Å². The van der Waals surface area contributed by atoms with Crippen molar-refractivity contribution in [3.63, 3.8) is 0 Å². The highest BCUT2D eigenvalue weighted by atomic mass is 32.1. The van der Waals surface area contributed by atoms with Crippen molar-refractivity contribution in [1.82, 2.24) is 9.97 Å². The molecule has 0 saturated heterocycles. The lowest BCUT2D eigenvalue weighted by Gasteiger charge is -1.95. The SMILES string of the molecule is O=Cc1[nH]cnc1-c1csc2ccccc12. The number of H-pyrrole nitrogens is 1. The zero-order valence-electron chi connectivity index (χ0n) is 8.31. The van der Waals surface area contributed by atoms with E-state index in [9.17, 15) is 4.79 Å². The third kappa shape index (κ3) is 1.27. The highest BCUT2D eigenvalue weighted by Crippen LogP contribution is 2.33. The summed E-state index contributed by atoms with van der Waals surface area (Å²) in [6, 6.07) is 8.11. The molecule has 0 unspecified atom stereocenters. The highest BCUT2D eigenvalue weighted by Gasteiger charge is 2.11. The summed E-state index contributed by atoms with van der Waals surface area (Å²) in [7, 11) is 0. The van der Waals surface area contributed by atoms with Crippen molar-refractivity contribution in [3.8, 4) is 11.3 Å². The van der Waals surface area contributed by atoms with Crippen molar-refractivity contribution < 1.29 is 4.79 Å². The van der Waals surface area contributed by atoms with Crippen molar-refractivity contribution in [2.24, 2.45) is 0 Å². The largest absolute Gasteiger partial charge is 0.342 e. The van der Waals surface area contributed by atoms with Gasteiger partial charge in [0.2, 0.25) is 0 Å². The van der Waals surface area contributed by atoms with Crippen LogP contribution in [0.3, 0.4) is 0 Å². The Kier molecular flexibility index (Phi) is 2.08. The Morgan fingerprint density at radius 2 is 2.19 bits per heavy atom. The monoisotopic (exact) mass is 228 g/mol. The number of hydrogen-bond acceptors (Lipinski definition) is 3. The Hall–Kier alpha value is -1.94. The second-order valence-electron chi connectivity index (χ2n) is 3.43. The molecule has 0 aliphatic rings. The topological polar surface area (TPSA) is 45.8 Å². The van der Waals surface area contributed by atoms with Crippen LogP contribution in [0.1, 0.15) is 10.5 Å². The highest BCUT2D eigenvalue weighted by molar-refractivity contribution is 7.17. The average Bonchev–Trinajstić information content (AvgIpc) is 2.94. The summed E-state index contributed by atoms with van der Waals surface area (Å²) >= 11 is 1.66. The molecule has 3 aromatic rings. The van der Waals surface area contributed by atoms with Crippen LogP contribution in [0, 0.1) is 0 Å². The molecule has 78 valence electrons. The minimum atomic E-state index is 0.531. The molecule has 0 radical (unpaired) electrons. The van der Waals surface area contributed by atoms with Crippen LogP contribution in [0.5, 0.6) is 0 Å². The number of benzene rings is 1. The maximum Gasteiger partial charge on any atom is 0.168 e. The van der Waals surface area contributed by atoms with E-state index in [2.05, 4.69) is 16.0 Å². The zero-order valence-corrected chi connectivity index (χ0v) is 9.12. The zero-order chi connectivity index (χ0) is 11.0. The van der Waals surface area contributed by atoms with E-state index in [0.717, 1.165) is 22.9 Å². The van der Waals surface area contributed by atoms with Gasteiger partial charge in [0.05, 0.1) is 6.33 Å². The molecule has 3 rings (SSSR count). The standard InChI is InChI=1S/C12H8N2OS/c15-5-10-12(14-7-13-10)9-6-16-11-4-2-1-3-8(9)11/h1-7H,(H,13,14). The molecule has 0 fully saturated rings. The van der Waals surface area contributed by atoms with Gasteiger partial charge in [0.25, 0.3) is 0 Å². The first-order valence-electron chi connectivity index (χ1n) is 4.85. The summed E-state index contributed by atoms with van der Waals surface area (Å²) in [6.07, 6.45) is 2.35. The van der Waals surface area contributed by atoms with Gasteiger partial charge in [-0.2, -0.15) is 0 Å². The molecule has 3 nitrogen and oxygen atoms in total. The first kappa shape index (κ1) is 9.30. The third-order valence-corrected chi connectivity index (χ3v) is 3.49. The van der Waals surface area contributed by atoms with Crippen LogP contribution >= 0.6 is 11.3 Å². The normalized spacial score (nSPS) is 10.8. The molecule has 0 spiro atoms. The maximum atomic E-state index is 10.9. The van der Waals surface area contributed by atoms with Gasteiger partial charge in [0.15, 0.2) is 6.29 Å². The molecule has 16 heavy (non-hydrogen) atoms. The minimum Gasteiger partial charge on any atom is -0.342 e. The van der Waals surface area contributed by atoms with E-state index in [-0.39, 0.29) is 0 Å². The van der Waals surface area contributed by atoms with E-state index in [1.165, 1.54) is 4.70 Å². The van der Waals surface area contributed by atoms with Crippen molar-refractivity contribution in [3.05, 3.63) is 41.7 Å². The number of thiophene rings is 1. The number of aromatic amines is 1. The van der Waals surface area contributed by atoms with Crippen LogP contribution in [-0.4, -0.2) is 16.3 Å². The predicted octanol–water partition coefficient (Wildman–Crippen LogP) is 3.10. The van der Waals surface area contributed by atoms with Crippen molar-refractivity contribution in [2.45, 2.75) is 0 Å². The molecule has 2 heterocycles. The van der Waals surface area contributed by atoms with Crippen LogP contribution in [-0.2, 0) is 0 Å². The molecule has 1 N–H and O–H groups in total. The molecule has 0 bridgehead atoms. The van der Waals surface area contributed by atoms with Gasteiger partial charge in [0.1, 0.15) is 11.4 Å². The number of fused-ring (bicyclic) bond motifs is 1. The first-order valence-corrected chi connectivity index (χ1v) is 5.73. The van der Waals surface area contributed by atoms with E-state index in [1.807, 2.05) is 23.6 Å². The number of hydrogen-bond donors (Lipinski definition) is 1. The Balaban J connectivity index is 2.30. The smallest absolute Gasteiger partial charge is 0.168 e. The lowest BCUT2D eigenvalue weighted by molar-refractivity contribution is 0.112. The molecular weight excluding hydrogens is 220 g/mol. The maximum absolute atomic E-state index is 10.9. The molecule has 2 aromatic heterocycles. The molecule has 0 atom stereocenters. The third-order valence-electron chi connectivity index (χ3n) is 2.52. The number of nitrogens with one attached hydrogen (secondary N) is 1. The number of aromatic nitrogens is 2. The van der Waals surface area contributed by atoms with Gasteiger partial charge in [-0.05, 0) is 6.07 Å². The number of carbonyl (C=O) groups is 1. The van der Waals surface area contributed by atoms with Crippen LogP contribution in [0.15, 0.2) is 36.0 Å². The number of aldehydes is 1. The number of carbonyl (C=O) groups excluding carboxylic acids is 1. The fourth-order valence-electron chi connectivity index (χ4n) is 1.77. The summed E-state index contributed by atoms with van der Waals surface area (Å²) in [6.45, 7) is 0. The van der Waals surface area contributed by atoms with Gasteiger partial charge in [-0.1, -0.05) is 18.2 Å². The molecule has 0 aliphatic carbocycles. The van der Waals surface area contributed by atoms with Gasteiger partial charge in [-0.25, -0.2) is 4.98 Å². The van der Waals surface area contributed by atoms with Gasteiger partial charge in [0, 0.05) is 21.0 Å². The fraction of sp³-hybridized carbons (Fsp3) is 0. The molecule has 4 heteroatoms. The van der Waals surface area contributed by atoms with Crippen molar-refractivity contribution >= 4 is 27.7 Å². The van der Waals surface area contributed by atoms with Crippen molar-refractivity contribution in [2.75, 3.05) is 0 Å². The summed E-state index contributed by atoms with van der Waals surface area (Å²) in [5, 5.41) is 3.18. The lowest BCUT2D eigenvalue weighted by Crippen LogP contribution is -1.84. The van der Waals surface area contributed by atoms with E-state index < -0.39 is 0 Å². The van der Waals surface area contributed by atoms with Gasteiger partial charge in [-0.3, -0.25) is 4.79 Å². The van der Waals surface area contributed by atoms with Crippen LogP contribution in [0.2, 0.25) is 0 Å². The average molecular weight is 228 g/mol. The Morgan fingerprint density at radius 3 is 3.06 bits per heavy atom. The first-order chi connectivity index (χ1) is 7.90. The second-order valence-corrected chi connectivity index (χ2v) is 4.34. The molecular formula is C12H8N2OS. The van der Waals surface area contributed by atoms with Crippen LogP contribution < -0.4 is 0 Å². The number of nitrogens with zero attached hydrogens (tertiary/aromatic N) is 1. The summed E-state index contributed by atoms with van der Waals surface area (Å²) < 4.78 is 1.21.